The first-order valence-corrected chi connectivity index (χ1v) is 8.89. The number of allylic oxidation sites excluding steroid dienone is 2. The Kier molecular flexibility index (Phi) is 3.85. The highest BCUT2D eigenvalue weighted by molar-refractivity contribution is 9.10. The van der Waals surface area contributed by atoms with Crippen LogP contribution in [0.5, 0.6) is 0 Å². The van der Waals surface area contributed by atoms with Crippen LogP contribution in [0.15, 0.2) is 53.0 Å². The molecule has 0 radical (unpaired) electrons. The Bertz CT molecular complexity index is 868. The minimum Gasteiger partial charge on any atom is -0.376 e. The van der Waals surface area contributed by atoms with Crippen LogP contribution in [0.2, 0.25) is 5.02 Å². The molecule has 0 bridgehead atoms. The molecule has 0 spiro atoms. The average Bonchev–Trinajstić information content (AvgIpc) is 3.05. The number of fused-ring (bicyclic) bond motifs is 3. The standard InChI is InChI=1S/C18H14BrClN2O2/c19-13-7-2-1-4-12(13)17-11-6-3-5-10(11)16-15(22(23)24)9-8-14(20)18(16)21-17/h1-5,7-11,17,21H,6H2/t10-,11-,17+/m1/s1. The molecule has 0 unspecified atom stereocenters. The molecule has 1 N–H and O–H groups in total. The Balaban J connectivity index is 1.90. The van der Waals surface area contributed by atoms with Crippen LogP contribution in [0.1, 0.15) is 29.5 Å². The van der Waals surface area contributed by atoms with Crippen LogP contribution in [0.3, 0.4) is 0 Å². The summed E-state index contributed by atoms with van der Waals surface area (Å²) in [4.78, 5) is 11.2. The second kappa shape index (κ2) is 5.90. The number of anilines is 1. The smallest absolute Gasteiger partial charge is 0.275 e. The Morgan fingerprint density at radius 2 is 2.04 bits per heavy atom. The highest BCUT2D eigenvalue weighted by Gasteiger charge is 2.42. The molecule has 1 aliphatic carbocycles. The monoisotopic (exact) mass is 404 g/mol. The topological polar surface area (TPSA) is 55.2 Å². The van der Waals surface area contributed by atoms with Crippen molar-refractivity contribution < 1.29 is 4.92 Å². The lowest BCUT2D eigenvalue weighted by atomic mass is 9.76. The number of hydrogen-bond acceptors (Lipinski definition) is 3. The highest BCUT2D eigenvalue weighted by Crippen LogP contribution is 2.54. The van der Waals surface area contributed by atoms with E-state index in [9.17, 15) is 10.1 Å². The predicted octanol–water partition coefficient (Wildman–Crippen LogP) is 5.84. The number of nitro groups is 1. The zero-order chi connectivity index (χ0) is 16.8. The van der Waals surface area contributed by atoms with Gasteiger partial charge in [-0.25, -0.2) is 0 Å². The molecule has 1 aliphatic heterocycles. The van der Waals surface area contributed by atoms with E-state index in [2.05, 4.69) is 39.5 Å². The normalized spacial score (nSPS) is 24.2. The number of nitrogens with zero attached hydrogens (tertiary/aromatic N) is 1. The molecular weight excluding hydrogens is 392 g/mol. The van der Waals surface area contributed by atoms with Gasteiger partial charge >= 0.3 is 0 Å². The summed E-state index contributed by atoms with van der Waals surface area (Å²) in [6.45, 7) is 0. The molecule has 122 valence electrons. The zero-order valence-electron chi connectivity index (χ0n) is 12.6. The van der Waals surface area contributed by atoms with Gasteiger partial charge in [0.05, 0.1) is 27.2 Å². The Morgan fingerprint density at radius 1 is 1.25 bits per heavy atom. The Hall–Kier alpha value is -1.85. The summed E-state index contributed by atoms with van der Waals surface area (Å²) in [5.41, 5.74) is 2.66. The molecule has 0 amide bonds. The number of benzene rings is 2. The maximum atomic E-state index is 11.5. The van der Waals surface area contributed by atoms with Crippen LogP contribution in [0.25, 0.3) is 0 Å². The minimum absolute atomic E-state index is 0.00236. The van der Waals surface area contributed by atoms with Crippen molar-refractivity contribution in [2.45, 2.75) is 18.4 Å². The SMILES string of the molecule is O=[N+]([O-])c1ccc(Cl)c2c1[C@@H]1C=CC[C@H]1[C@@H](c1ccccc1Br)N2. The first-order chi connectivity index (χ1) is 11.6. The molecule has 0 fully saturated rings. The first-order valence-electron chi connectivity index (χ1n) is 7.72. The number of halogens is 2. The second-order valence-corrected chi connectivity index (χ2v) is 7.37. The zero-order valence-corrected chi connectivity index (χ0v) is 14.9. The molecule has 4 nitrogen and oxygen atoms in total. The van der Waals surface area contributed by atoms with E-state index in [-0.39, 0.29) is 28.5 Å². The van der Waals surface area contributed by atoms with Crippen LogP contribution in [0.4, 0.5) is 11.4 Å². The summed E-state index contributed by atoms with van der Waals surface area (Å²) in [6.07, 6.45) is 5.07. The van der Waals surface area contributed by atoms with Gasteiger partial charge in [0.1, 0.15) is 0 Å². The van der Waals surface area contributed by atoms with E-state index in [4.69, 9.17) is 11.6 Å². The number of rotatable bonds is 2. The van der Waals surface area contributed by atoms with Crippen molar-refractivity contribution >= 4 is 38.9 Å². The minimum atomic E-state index is -0.321. The van der Waals surface area contributed by atoms with E-state index in [0.29, 0.717) is 16.3 Å². The second-order valence-electron chi connectivity index (χ2n) is 6.11. The molecule has 0 saturated carbocycles. The van der Waals surface area contributed by atoms with Gasteiger partial charge in [0, 0.05) is 16.5 Å². The van der Waals surface area contributed by atoms with Gasteiger partial charge in [0.25, 0.3) is 5.69 Å². The number of nitro benzene ring substituents is 1. The Labute approximate surface area is 152 Å². The van der Waals surface area contributed by atoms with E-state index < -0.39 is 0 Å². The predicted molar refractivity (Wildman–Crippen MR) is 98.6 cm³/mol. The third kappa shape index (κ3) is 2.34. The van der Waals surface area contributed by atoms with Gasteiger partial charge in [0.15, 0.2) is 0 Å². The van der Waals surface area contributed by atoms with E-state index in [1.54, 1.807) is 6.07 Å². The van der Waals surface area contributed by atoms with Gasteiger partial charge in [-0.15, -0.1) is 0 Å². The summed E-state index contributed by atoms with van der Waals surface area (Å²) < 4.78 is 1.03. The molecule has 0 aromatic heterocycles. The van der Waals surface area contributed by atoms with Crippen LogP contribution >= 0.6 is 27.5 Å². The summed E-state index contributed by atoms with van der Waals surface area (Å²) >= 11 is 10.0. The lowest BCUT2D eigenvalue weighted by Gasteiger charge is -2.37. The van der Waals surface area contributed by atoms with Gasteiger partial charge in [0.2, 0.25) is 0 Å². The highest BCUT2D eigenvalue weighted by atomic mass is 79.9. The summed E-state index contributed by atoms with van der Waals surface area (Å²) in [5.74, 6) is 0.228. The van der Waals surface area contributed by atoms with Crippen molar-refractivity contribution in [3.63, 3.8) is 0 Å². The van der Waals surface area contributed by atoms with Gasteiger partial charge in [-0.2, -0.15) is 0 Å². The lowest BCUT2D eigenvalue weighted by molar-refractivity contribution is -0.385. The van der Waals surface area contributed by atoms with Crippen LogP contribution in [0, 0.1) is 16.0 Å². The summed E-state index contributed by atoms with van der Waals surface area (Å²) in [5, 5.41) is 15.5. The lowest BCUT2D eigenvalue weighted by Crippen LogP contribution is -2.30. The van der Waals surface area contributed by atoms with Crippen molar-refractivity contribution in [2.75, 3.05) is 5.32 Å². The van der Waals surface area contributed by atoms with E-state index in [1.165, 1.54) is 6.07 Å². The maximum Gasteiger partial charge on any atom is 0.275 e. The van der Waals surface area contributed by atoms with Crippen LogP contribution in [-0.2, 0) is 0 Å². The summed E-state index contributed by atoms with van der Waals surface area (Å²) in [7, 11) is 0. The van der Waals surface area contributed by atoms with E-state index >= 15 is 0 Å². The molecule has 24 heavy (non-hydrogen) atoms. The largest absolute Gasteiger partial charge is 0.376 e. The molecule has 2 aromatic rings. The quantitative estimate of drug-likeness (QED) is 0.388. The molecule has 3 atom stereocenters. The molecule has 4 rings (SSSR count). The van der Waals surface area contributed by atoms with Gasteiger partial charge in [-0.3, -0.25) is 10.1 Å². The van der Waals surface area contributed by atoms with Crippen LogP contribution in [-0.4, -0.2) is 4.92 Å². The fraction of sp³-hybridized carbons (Fsp3) is 0.222. The summed E-state index contributed by atoms with van der Waals surface area (Å²) in [6, 6.07) is 11.2. The first kappa shape index (κ1) is 15.7. The molecule has 2 aliphatic rings. The Morgan fingerprint density at radius 3 is 2.79 bits per heavy atom. The fourth-order valence-electron chi connectivity index (χ4n) is 3.85. The number of hydrogen-bond donors (Lipinski definition) is 1. The molecule has 0 saturated heterocycles. The van der Waals surface area contributed by atoms with Crippen molar-refractivity contribution in [1.82, 2.24) is 0 Å². The number of nitrogens with one attached hydrogen (secondary N) is 1. The molecule has 6 heteroatoms. The third-order valence-electron chi connectivity index (χ3n) is 4.88. The maximum absolute atomic E-state index is 11.5. The third-order valence-corrected chi connectivity index (χ3v) is 5.92. The van der Waals surface area contributed by atoms with Crippen molar-refractivity contribution in [3.8, 4) is 0 Å². The van der Waals surface area contributed by atoms with E-state index in [0.717, 1.165) is 16.5 Å². The van der Waals surface area contributed by atoms with Gasteiger partial charge in [-0.1, -0.05) is 57.9 Å². The van der Waals surface area contributed by atoms with E-state index in [1.807, 2.05) is 18.2 Å². The molecule has 2 aromatic carbocycles. The van der Waals surface area contributed by atoms with Crippen molar-refractivity contribution in [3.05, 3.63) is 79.3 Å². The van der Waals surface area contributed by atoms with Gasteiger partial charge in [-0.05, 0) is 30.0 Å². The van der Waals surface area contributed by atoms with Crippen LogP contribution < -0.4 is 5.32 Å². The van der Waals surface area contributed by atoms with Crippen molar-refractivity contribution in [2.24, 2.45) is 5.92 Å². The van der Waals surface area contributed by atoms with Gasteiger partial charge < -0.3 is 5.32 Å². The van der Waals surface area contributed by atoms with Crippen molar-refractivity contribution in [1.29, 1.82) is 0 Å². The molecular formula is C18H14BrClN2O2. The fourth-order valence-corrected chi connectivity index (χ4v) is 4.60. The average molecular weight is 406 g/mol. The molecule has 1 heterocycles.